The minimum absolute atomic E-state index is 0.161. The summed E-state index contributed by atoms with van der Waals surface area (Å²) in [6, 6.07) is 3.00. The van der Waals surface area contributed by atoms with Crippen LogP contribution in [0, 0.1) is 5.82 Å². The fourth-order valence-electron chi connectivity index (χ4n) is 4.66. The molecule has 1 N–H and O–H groups in total. The van der Waals surface area contributed by atoms with Crippen molar-refractivity contribution in [3.8, 4) is 17.1 Å². The van der Waals surface area contributed by atoms with Gasteiger partial charge in [0.15, 0.2) is 17.7 Å². The summed E-state index contributed by atoms with van der Waals surface area (Å²) in [7, 11) is 1.45. The van der Waals surface area contributed by atoms with Crippen LogP contribution >= 0.6 is 11.8 Å². The largest absolute Gasteiger partial charge is 0.492 e. The third-order valence-electron chi connectivity index (χ3n) is 6.03. The number of fused-ring (bicyclic) bond motifs is 5. The van der Waals surface area contributed by atoms with E-state index in [1.165, 1.54) is 24.9 Å². The Labute approximate surface area is 173 Å². The summed E-state index contributed by atoms with van der Waals surface area (Å²) in [4.78, 5) is 30.3. The molecule has 0 amide bonds. The number of hydrogen-bond acceptors (Lipinski definition) is 7. The van der Waals surface area contributed by atoms with Crippen molar-refractivity contribution >= 4 is 28.6 Å². The topological polar surface area (TPSA) is 90.7 Å². The first-order valence-electron chi connectivity index (χ1n) is 9.46. The fourth-order valence-corrected chi connectivity index (χ4v) is 5.85. The van der Waals surface area contributed by atoms with Gasteiger partial charge in [-0.2, -0.15) is 0 Å². The summed E-state index contributed by atoms with van der Waals surface area (Å²) in [5, 5.41) is 11.1. The number of esters is 1. The van der Waals surface area contributed by atoms with Crippen LogP contribution < -0.4 is 10.3 Å². The number of aryl methyl sites for hydroxylation is 1. The third-order valence-corrected chi connectivity index (χ3v) is 7.11. The van der Waals surface area contributed by atoms with Gasteiger partial charge in [-0.25, -0.2) is 14.2 Å². The molecule has 3 aliphatic heterocycles. The quantitative estimate of drug-likeness (QED) is 0.467. The number of aliphatic hydroxyl groups is 1. The molecule has 6 rings (SSSR count). The highest BCUT2D eigenvalue weighted by atomic mass is 32.2. The third kappa shape index (κ3) is 2.16. The zero-order valence-electron chi connectivity index (χ0n) is 15.8. The van der Waals surface area contributed by atoms with Gasteiger partial charge in [-0.1, -0.05) is 0 Å². The second-order valence-electron chi connectivity index (χ2n) is 7.50. The van der Waals surface area contributed by atoms with Gasteiger partial charge in [-0.05, 0) is 18.1 Å². The SMILES string of the molecule is COc1c(F)cc2nc3c(c4c2c1SCC4)Cn1c-3cc2c(c1=O)COC(=O)C2O. The predicted molar refractivity (Wildman–Crippen MR) is 106 cm³/mol. The Morgan fingerprint density at radius 2 is 2.13 bits per heavy atom. The Bertz CT molecular complexity index is 1370. The minimum atomic E-state index is -1.50. The lowest BCUT2D eigenvalue weighted by Crippen LogP contribution is -2.32. The normalized spacial score (nSPS) is 18.6. The van der Waals surface area contributed by atoms with Crippen molar-refractivity contribution in [1.82, 2.24) is 9.55 Å². The molecule has 152 valence electrons. The first-order valence-corrected chi connectivity index (χ1v) is 10.4. The summed E-state index contributed by atoms with van der Waals surface area (Å²) in [5.74, 6) is -0.271. The molecule has 0 saturated heterocycles. The molecule has 1 unspecified atom stereocenters. The molecule has 1 atom stereocenters. The number of aliphatic hydroxyl groups excluding tert-OH is 1. The maximum Gasteiger partial charge on any atom is 0.340 e. The number of pyridine rings is 2. The molecule has 3 aromatic rings. The Kier molecular flexibility index (Phi) is 3.61. The van der Waals surface area contributed by atoms with Crippen LogP contribution in [0.25, 0.3) is 22.3 Å². The average molecular weight is 426 g/mol. The molecule has 3 aliphatic rings. The van der Waals surface area contributed by atoms with Gasteiger partial charge in [-0.15, -0.1) is 11.8 Å². The van der Waals surface area contributed by atoms with Gasteiger partial charge < -0.3 is 19.1 Å². The predicted octanol–water partition coefficient (Wildman–Crippen LogP) is 2.31. The second-order valence-corrected chi connectivity index (χ2v) is 8.60. The van der Waals surface area contributed by atoms with Crippen molar-refractivity contribution < 1.29 is 23.8 Å². The van der Waals surface area contributed by atoms with Gasteiger partial charge in [0.05, 0.1) is 41.0 Å². The van der Waals surface area contributed by atoms with Gasteiger partial charge in [0.2, 0.25) is 0 Å². The summed E-state index contributed by atoms with van der Waals surface area (Å²) in [6.45, 7) is 0.176. The summed E-state index contributed by atoms with van der Waals surface area (Å²) < 4.78 is 26.5. The highest BCUT2D eigenvalue weighted by Crippen LogP contribution is 2.47. The van der Waals surface area contributed by atoms with E-state index in [4.69, 9.17) is 14.5 Å². The molecule has 0 saturated carbocycles. The molecule has 2 aromatic heterocycles. The van der Waals surface area contributed by atoms with Gasteiger partial charge in [-0.3, -0.25) is 4.79 Å². The molecule has 5 heterocycles. The molecule has 30 heavy (non-hydrogen) atoms. The van der Waals surface area contributed by atoms with E-state index >= 15 is 0 Å². The van der Waals surface area contributed by atoms with Crippen molar-refractivity contribution in [2.24, 2.45) is 0 Å². The number of benzene rings is 1. The molecule has 1 aromatic carbocycles. The fraction of sp³-hybridized carbons (Fsp3) is 0.286. The number of thioether (sulfide) groups is 1. The van der Waals surface area contributed by atoms with Gasteiger partial charge in [0, 0.05) is 28.3 Å². The maximum absolute atomic E-state index is 14.6. The van der Waals surface area contributed by atoms with E-state index in [9.17, 15) is 19.1 Å². The molecule has 0 radical (unpaired) electrons. The van der Waals surface area contributed by atoms with Crippen molar-refractivity contribution in [2.45, 2.75) is 30.6 Å². The molecular formula is C21H15FN2O5S. The van der Waals surface area contributed by atoms with E-state index in [-0.39, 0.29) is 29.0 Å². The van der Waals surface area contributed by atoms with Crippen LogP contribution in [-0.2, 0) is 29.1 Å². The van der Waals surface area contributed by atoms with Crippen molar-refractivity contribution in [1.29, 1.82) is 0 Å². The zero-order chi connectivity index (χ0) is 20.7. The number of aromatic nitrogens is 2. The van der Waals surface area contributed by atoms with Crippen LogP contribution in [0.4, 0.5) is 4.39 Å². The first-order chi connectivity index (χ1) is 14.5. The van der Waals surface area contributed by atoms with E-state index in [0.717, 1.165) is 33.6 Å². The summed E-state index contributed by atoms with van der Waals surface area (Å²) in [5.41, 5.74) is 3.79. The molecular weight excluding hydrogens is 411 g/mol. The summed E-state index contributed by atoms with van der Waals surface area (Å²) >= 11 is 1.54. The van der Waals surface area contributed by atoms with Gasteiger partial charge in [0.1, 0.15) is 6.61 Å². The number of hydrogen-bond donors (Lipinski definition) is 1. The van der Waals surface area contributed by atoms with Crippen LogP contribution in [-0.4, -0.2) is 33.5 Å². The number of methoxy groups -OCH3 is 1. The molecule has 0 bridgehead atoms. The lowest BCUT2D eigenvalue weighted by Gasteiger charge is -2.22. The van der Waals surface area contributed by atoms with Crippen LogP contribution in [0.15, 0.2) is 21.8 Å². The number of carbonyl (C=O) groups excluding carboxylic acids is 1. The number of carbonyl (C=O) groups is 1. The second kappa shape index (κ2) is 6.05. The molecule has 0 spiro atoms. The van der Waals surface area contributed by atoms with E-state index in [1.807, 2.05) is 0 Å². The highest BCUT2D eigenvalue weighted by Gasteiger charge is 2.35. The zero-order valence-corrected chi connectivity index (χ0v) is 16.6. The Hall–Kier alpha value is -2.91. The maximum atomic E-state index is 14.6. The van der Waals surface area contributed by atoms with Crippen LogP contribution in [0.3, 0.4) is 0 Å². The van der Waals surface area contributed by atoms with Crippen LogP contribution in [0.5, 0.6) is 5.75 Å². The van der Waals surface area contributed by atoms with E-state index in [2.05, 4.69) is 0 Å². The van der Waals surface area contributed by atoms with E-state index in [1.54, 1.807) is 10.6 Å². The first kappa shape index (κ1) is 17.9. The molecule has 9 heteroatoms. The number of halogens is 1. The summed E-state index contributed by atoms with van der Waals surface area (Å²) in [6.07, 6.45) is -0.736. The van der Waals surface area contributed by atoms with Crippen molar-refractivity contribution in [3.05, 3.63) is 50.6 Å². The smallest absolute Gasteiger partial charge is 0.340 e. The standard InChI is InChI=1S/C21H15FN2O5S/c1-28-18-12(22)5-13-15-8(2-3-30-19(15)18)10-6-24-14(16(10)23-13)4-9-11(20(24)26)7-29-21(27)17(9)25/h4-5,17,25H,2-3,6-7H2,1H3. The van der Waals surface area contributed by atoms with E-state index < -0.39 is 17.9 Å². The Morgan fingerprint density at radius 1 is 1.30 bits per heavy atom. The van der Waals surface area contributed by atoms with Gasteiger partial charge in [0.25, 0.3) is 5.56 Å². The number of cyclic esters (lactones) is 1. The van der Waals surface area contributed by atoms with Crippen molar-refractivity contribution in [3.63, 3.8) is 0 Å². The lowest BCUT2D eigenvalue weighted by atomic mass is 9.97. The van der Waals surface area contributed by atoms with Crippen molar-refractivity contribution in [2.75, 3.05) is 12.9 Å². The lowest BCUT2D eigenvalue weighted by molar-refractivity contribution is -0.157. The van der Waals surface area contributed by atoms with Crippen LogP contribution in [0.2, 0.25) is 0 Å². The average Bonchev–Trinajstić information content (AvgIpc) is 3.11. The number of ether oxygens (including phenoxy) is 2. The van der Waals surface area contributed by atoms with Crippen LogP contribution in [0.1, 0.15) is 28.4 Å². The Morgan fingerprint density at radius 3 is 2.93 bits per heavy atom. The van der Waals surface area contributed by atoms with E-state index in [0.29, 0.717) is 23.4 Å². The Balaban J connectivity index is 1.67. The molecule has 0 fully saturated rings. The number of nitrogens with zero attached hydrogens (tertiary/aromatic N) is 2. The number of rotatable bonds is 1. The molecule has 7 nitrogen and oxygen atoms in total. The van der Waals surface area contributed by atoms with Gasteiger partial charge >= 0.3 is 5.97 Å². The minimum Gasteiger partial charge on any atom is -0.492 e. The monoisotopic (exact) mass is 426 g/mol. The molecule has 0 aliphatic carbocycles. The highest BCUT2D eigenvalue weighted by molar-refractivity contribution is 7.99.